The summed E-state index contributed by atoms with van der Waals surface area (Å²) in [5, 5.41) is 0. The molecule has 0 aliphatic heterocycles. The number of hydrogen-bond acceptors (Lipinski definition) is 3. The smallest absolute Gasteiger partial charge is 0.416 e. The van der Waals surface area contributed by atoms with Gasteiger partial charge in [0.15, 0.2) is 0 Å². The van der Waals surface area contributed by atoms with E-state index >= 15 is 0 Å². The summed E-state index contributed by atoms with van der Waals surface area (Å²) in [5.74, 6) is 0.644. The monoisotopic (exact) mass is 324 g/mol. The van der Waals surface area contributed by atoms with Crippen LogP contribution < -0.4 is 4.90 Å². The molecule has 1 amide bonds. The van der Waals surface area contributed by atoms with Crippen molar-refractivity contribution in [2.24, 2.45) is 0 Å². The van der Waals surface area contributed by atoms with Crippen LogP contribution in [0.25, 0.3) is 0 Å². The van der Waals surface area contributed by atoms with E-state index in [0.717, 1.165) is 18.4 Å². The Balaban J connectivity index is 2.01. The third-order valence-electron chi connectivity index (χ3n) is 4.15. The third kappa shape index (κ3) is 3.42. The van der Waals surface area contributed by atoms with Crippen LogP contribution in [0.2, 0.25) is 0 Å². The van der Waals surface area contributed by atoms with Gasteiger partial charge in [-0.3, -0.25) is 4.90 Å². The van der Waals surface area contributed by atoms with Crippen LogP contribution in [0.4, 0.5) is 10.6 Å². The van der Waals surface area contributed by atoms with Gasteiger partial charge >= 0.3 is 6.09 Å². The highest BCUT2D eigenvalue weighted by Gasteiger charge is 2.35. The summed E-state index contributed by atoms with van der Waals surface area (Å²) in [4.78, 5) is 19.1. The lowest BCUT2D eigenvalue weighted by atomic mass is 10.1. The SMILES string of the molecule is Cc1ccnc(N(C(=O)OC(C)(C)C)[C@@H]2CCc3ccccc32)c1. The lowest BCUT2D eigenvalue weighted by Crippen LogP contribution is -2.39. The predicted molar refractivity (Wildman–Crippen MR) is 95.2 cm³/mol. The number of nitrogens with zero attached hydrogens (tertiary/aromatic N) is 2. The van der Waals surface area contributed by atoms with Crippen molar-refractivity contribution in [3.8, 4) is 0 Å². The van der Waals surface area contributed by atoms with E-state index in [1.54, 1.807) is 11.1 Å². The standard InChI is InChI=1S/C20H24N2O2/c1-14-11-12-21-18(13-14)22(19(23)24-20(2,3)4)17-10-9-15-7-5-6-8-16(15)17/h5-8,11-13,17H,9-10H2,1-4H3/t17-/m1/s1. The summed E-state index contributed by atoms with van der Waals surface area (Å²) in [7, 11) is 0. The Morgan fingerprint density at radius 2 is 2.00 bits per heavy atom. The van der Waals surface area contributed by atoms with Crippen LogP contribution in [0.5, 0.6) is 0 Å². The van der Waals surface area contributed by atoms with Crippen molar-refractivity contribution < 1.29 is 9.53 Å². The number of aromatic nitrogens is 1. The highest BCUT2D eigenvalue weighted by atomic mass is 16.6. The zero-order valence-corrected chi connectivity index (χ0v) is 14.7. The Bertz CT molecular complexity index is 749. The molecule has 0 N–H and O–H groups in total. The molecule has 0 fully saturated rings. The molecule has 3 rings (SSSR count). The number of carbonyl (C=O) groups excluding carboxylic acids is 1. The molecule has 1 aliphatic carbocycles. The Labute approximate surface area is 143 Å². The molecule has 0 saturated heterocycles. The van der Waals surface area contributed by atoms with Crippen LogP contribution in [-0.4, -0.2) is 16.7 Å². The van der Waals surface area contributed by atoms with Gasteiger partial charge in [0.05, 0.1) is 6.04 Å². The number of hydrogen-bond donors (Lipinski definition) is 0. The second kappa shape index (κ2) is 6.27. The first-order chi connectivity index (χ1) is 11.3. The van der Waals surface area contributed by atoms with E-state index in [0.29, 0.717) is 5.82 Å². The van der Waals surface area contributed by atoms with E-state index in [9.17, 15) is 4.79 Å². The highest BCUT2D eigenvalue weighted by molar-refractivity contribution is 5.88. The Kier molecular flexibility index (Phi) is 4.31. The minimum Gasteiger partial charge on any atom is -0.443 e. The van der Waals surface area contributed by atoms with Gasteiger partial charge < -0.3 is 4.74 Å². The summed E-state index contributed by atoms with van der Waals surface area (Å²) in [6.07, 6.45) is 3.24. The molecular weight excluding hydrogens is 300 g/mol. The van der Waals surface area contributed by atoms with Crippen molar-refractivity contribution in [3.63, 3.8) is 0 Å². The second-order valence-electron chi connectivity index (χ2n) is 7.30. The number of ether oxygens (including phenoxy) is 1. The van der Waals surface area contributed by atoms with Gasteiger partial charge in [0.25, 0.3) is 0 Å². The minimum absolute atomic E-state index is 0.0367. The van der Waals surface area contributed by atoms with Gasteiger partial charge in [-0.15, -0.1) is 0 Å². The lowest BCUT2D eigenvalue weighted by molar-refractivity contribution is 0.0563. The molecule has 0 spiro atoms. The second-order valence-corrected chi connectivity index (χ2v) is 7.30. The van der Waals surface area contributed by atoms with Gasteiger partial charge in [0, 0.05) is 6.20 Å². The quantitative estimate of drug-likeness (QED) is 0.795. The molecule has 4 nitrogen and oxygen atoms in total. The molecule has 4 heteroatoms. The van der Waals surface area contributed by atoms with Crippen LogP contribution in [0.1, 0.15) is 49.9 Å². The molecule has 1 aliphatic rings. The summed E-state index contributed by atoms with van der Waals surface area (Å²) in [5.41, 5.74) is 3.01. The molecule has 24 heavy (non-hydrogen) atoms. The van der Waals surface area contributed by atoms with E-state index in [-0.39, 0.29) is 12.1 Å². The fourth-order valence-electron chi connectivity index (χ4n) is 3.15. The zero-order chi connectivity index (χ0) is 17.3. The third-order valence-corrected chi connectivity index (χ3v) is 4.15. The maximum absolute atomic E-state index is 12.9. The van der Waals surface area contributed by atoms with Crippen LogP contribution in [0.3, 0.4) is 0 Å². The molecule has 0 unspecified atom stereocenters. The molecular formula is C20H24N2O2. The molecule has 0 saturated carbocycles. The van der Waals surface area contributed by atoms with E-state index in [4.69, 9.17) is 4.74 Å². The number of amides is 1. The first kappa shape index (κ1) is 16.5. The number of anilines is 1. The summed E-state index contributed by atoms with van der Waals surface area (Å²) in [6, 6.07) is 12.1. The van der Waals surface area contributed by atoms with Crippen molar-refractivity contribution in [3.05, 3.63) is 59.3 Å². The average molecular weight is 324 g/mol. The largest absolute Gasteiger partial charge is 0.443 e. The first-order valence-electron chi connectivity index (χ1n) is 8.38. The number of fused-ring (bicyclic) bond motifs is 1. The zero-order valence-electron chi connectivity index (χ0n) is 14.7. The Hall–Kier alpha value is -2.36. The molecule has 1 aromatic carbocycles. The van der Waals surface area contributed by atoms with Crippen LogP contribution in [-0.2, 0) is 11.2 Å². The van der Waals surface area contributed by atoms with Crippen LogP contribution >= 0.6 is 0 Å². The molecule has 0 radical (unpaired) electrons. The number of aryl methyl sites for hydroxylation is 2. The molecule has 1 heterocycles. The fourth-order valence-corrected chi connectivity index (χ4v) is 3.15. The van der Waals surface area contributed by atoms with Gasteiger partial charge in [0.1, 0.15) is 11.4 Å². The molecule has 2 aromatic rings. The number of carbonyl (C=O) groups is 1. The normalized spacial score (nSPS) is 16.6. The minimum atomic E-state index is -0.544. The van der Waals surface area contributed by atoms with Gasteiger partial charge in [0.2, 0.25) is 0 Å². The number of benzene rings is 1. The van der Waals surface area contributed by atoms with Crippen molar-refractivity contribution in [1.29, 1.82) is 0 Å². The van der Waals surface area contributed by atoms with E-state index in [2.05, 4.69) is 17.1 Å². The van der Waals surface area contributed by atoms with Crippen molar-refractivity contribution in [2.75, 3.05) is 4.90 Å². The van der Waals surface area contributed by atoms with Crippen molar-refractivity contribution >= 4 is 11.9 Å². The number of rotatable bonds is 2. The van der Waals surface area contributed by atoms with Gasteiger partial charge in [-0.1, -0.05) is 24.3 Å². The Morgan fingerprint density at radius 3 is 2.71 bits per heavy atom. The Morgan fingerprint density at radius 1 is 1.25 bits per heavy atom. The summed E-state index contributed by atoms with van der Waals surface area (Å²) in [6.45, 7) is 7.65. The number of pyridine rings is 1. The predicted octanol–water partition coefficient (Wildman–Crippen LogP) is 4.82. The molecule has 1 aromatic heterocycles. The maximum atomic E-state index is 12.9. The summed E-state index contributed by atoms with van der Waals surface area (Å²) >= 11 is 0. The summed E-state index contributed by atoms with van der Waals surface area (Å²) < 4.78 is 5.67. The molecule has 126 valence electrons. The lowest BCUT2D eigenvalue weighted by Gasteiger charge is -2.31. The van der Waals surface area contributed by atoms with Gasteiger partial charge in [-0.2, -0.15) is 0 Å². The van der Waals surface area contributed by atoms with E-state index in [1.165, 1.54) is 11.1 Å². The maximum Gasteiger partial charge on any atom is 0.416 e. The van der Waals surface area contributed by atoms with E-state index in [1.807, 2.05) is 52.0 Å². The van der Waals surface area contributed by atoms with Crippen LogP contribution in [0, 0.1) is 6.92 Å². The first-order valence-corrected chi connectivity index (χ1v) is 8.38. The molecule has 0 bridgehead atoms. The molecule has 1 atom stereocenters. The highest BCUT2D eigenvalue weighted by Crippen LogP contribution is 2.38. The van der Waals surface area contributed by atoms with Gasteiger partial charge in [-0.05, 0) is 69.4 Å². The van der Waals surface area contributed by atoms with Gasteiger partial charge in [-0.25, -0.2) is 9.78 Å². The van der Waals surface area contributed by atoms with Crippen molar-refractivity contribution in [2.45, 2.75) is 52.2 Å². The average Bonchev–Trinajstić information content (AvgIpc) is 2.90. The topological polar surface area (TPSA) is 42.4 Å². The van der Waals surface area contributed by atoms with E-state index < -0.39 is 5.60 Å². The van der Waals surface area contributed by atoms with Crippen molar-refractivity contribution in [1.82, 2.24) is 4.98 Å². The fraction of sp³-hybridized carbons (Fsp3) is 0.400. The van der Waals surface area contributed by atoms with Crippen LogP contribution in [0.15, 0.2) is 42.6 Å².